The molecule has 1 fully saturated rings. The minimum Gasteiger partial charge on any atom is -0.357 e. The molecule has 1 aromatic heterocycles. The summed E-state index contributed by atoms with van der Waals surface area (Å²) in [6.07, 6.45) is 4.23. The molecule has 0 atom stereocenters. The van der Waals surface area contributed by atoms with Gasteiger partial charge in [-0.2, -0.15) is 0 Å². The third-order valence-corrected chi connectivity index (χ3v) is 6.13. The van der Waals surface area contributed by atoms with Crippen LogP contribution in [0.5, 0.6) is 0 Å². The predicted molar refractivity (Wildman–Crippen MR) is 113 cm³/mol. The second kappa shape index (κ2) is 9.38. The molecule has 1 aliphatic carbocycles. The molecule has 1 N–H and O–H groups in total. The maximum absolute atomic E-state index is 11.6. The number of guanidine groups is 1. The number of likely N-dealkylation sites (N-methyl/N-ethyl adjacent to an activating group) is 1. The number of hydrogen-bond donors (Lipinski definition) is 1. The van der Waals surface area contributed by atoms with Crippen molar-refractivity contribution in [2.75, 3.05) is 38.7 Å². The van der Waals surface area contributed by atoms with E-state index in [9.17, 15) is 8.42 Å². The highest BCUT2D eigenvalue weighted by Gasteiger charge is 2.45. The zero-order chi connectivity index (χ0) is 16.9. The van der Waals surface area contributed by atoms with Gasteiger partial charge in [0.1, 0.15) is 9.84 Å². The van der Waals surface area contributed by atoms with Crippen molar-refractivity contribution in [2.24, 2.45) is 10.4 Å². The van der Waals surface area contributed by atoms with Crippen molar-refractivity contribution in [1.82, 2.24) is 10.2 Å². The fourth-order valence-electron chi connectivity index (χ4n) is 2.63. The number of thiophene rings is 1. The lowest BCUT2D eigenvalue weighted by Crippen LogP contribution is -2.40. The Morgan fingerprint density at radius 1 is 1.46 bits per heavy atom. The van der Waals surface area contributed by atoms with Gasteiger partial charge in [0.05, 0.1) is 5.75 Å². The van der Waals surface area contributed by atoms with Gasteiger partial charge in [-0.05, 0) is 37.6 Å². The van der Waals surface area contributed by atoms with Crippen LogP contribution in [0.25, 0.3) is 0 Å². The van der Waals surface area contributed by atoms with E-state index >= 15 is 0 Å². The Balaban J connectivity index is 0.00000288. The molecule has 0 radical (unpaired) electrons. The molecule has 0 aromatic carbocycles. The van der Waals surface area contributed by atoms with Crippen LogP contribution in [0.3, 0.4) is 0 Å². The van der Waals surface area contributed by atoms with Crippen LogP contribution in [0.1, 0.15) is 24.6 Å². The summed E-state index contributed by atoms with van der Waals surface area (Å²) in [5, 5.41) is 5.40. The van der Waals surface area contributed by atoms with Crippen LogP contribution in [0.15, 0.2) is 22.5 Å². The van der Waals surface area contributed by atoms with Gasteiger partial charge in [-0.3, -0.25) is 4.99 Å². The second-order valence-corrected chi connectivity index (χ2v) is 9.66. The maximum atomic E-state index is 11.6. The molecule has 138 valence electrons. The molecule has 0 amide bonds. The van der Waals surface area contributed by atoms with E-state index in [4.69, 9.17) is 4.99 Å². The average molecular weight is 485 g/mol. The summed E-state index contributed by atoms with van der Waals surface area (Å²) in [6.45, 7) is 4.34. The van der Waals surface area contributed by atoms with E-state index in [1.807, 2.05) is 14.0 Å². The SMILES string of the molecule is CCNC(=NCC1(CS(C)(=O)=O)CC1)N(C)CCc1cccs1.I. The Kier molecular flexibility index (Phi) is 8.47. The Bertz CT molecular complexity index is 626. The number of aliphatic imine (C=N–C) groups is 1. The van der Waals surface area contributed by atoms with E-state index < -0.39 is 9.84 Å². The van der Waals surface area contributed by atoms with Crippen molar-refractivity contribution in [2.45, 2.75) is 26.2 Å². The van der Waals surface area contributed by atoms with Gasteiger partial charge in [-0.1, -0.05) is 6.07 Å². The first-order valence-corrected chi connectivity index (χ1v) is 11.0. The zero-order valence-corrected chi connectivity index (χ0v) is 18.6. The summed E-state index contributed by atoms with van der Waals surface area (Å²) in [4.78, 5) is 8.19. The summed E-state index contributed by atoms with van der Waals surface area (Å²) < 4.78 is 23.1. The van der Waals surface area contributed by atoms with Crippen LogP contribution in [0.4, 0.5) is 0 Å². The van der Waals surface area contributed by atoms with E-state index in [0.29, 0.717) is 6.54 Å². The molecule has 0 unspecified atom stereocenters. The van der Waals surface area contributed by atoms with Crippen molar-refractivity contribution >= 4 is 51.1 Å². The standard InChI is InChI=1S/C16H27N3O2S2.HI/c1-4-17-15(19(2)10-7-14-6-5-11-22-14)18-12-16(8-9-16)13-23(3,20)21;/h5-6,11H,4,7-10,12-13H2,1-3H3,(H,17,18);1H. The topological polar surface area (TPSA) is 61.8 Å². The molecular formula is C16H28IN3O2S2. The van der Waals surface area contributed by atoms with Gasteiger partial charge < -0.3 is 10.2 Å². The Morgan fingerprint density at radius 2 is 2.17 bits per heavy atom. The van der Waals surface area contributed by atoms with Gasteiger partial charge in [0.2, 0.25) is 0 Å². The number of nitrogens with zero attached hydrogens (tertiary/aromatic N) is 2. The number of nitrogens with one attached hydrogen (secondary N) is 1. The van der Waals surface area contributed by atoms with E-state index in [2.05, 4.69) is 27.7 Å². The second-order valence-electron chi connectivity index (χ2n) is 6.49. The van der Waals surface area contributed by atoms with E-state index in [1.54, 1.807) is 11.3 Å². The van der Waals surface area contributed by atoms with E-state index in [1.165, 1.54) is 11.1 Å². The largest absolute Gasteiger partial charge is 0.357 e. The molecule has 5 nitrogen and oxygen atoms in total. The monoisotopic (exact) mass is 485 g/mol. The zero-order valence-electron chi connectivity index (χ0n) is 14.6. The molecule has 0 bridgehead atoms. The Hall–Kier alpha value is -0.350. The molecule has 1 aliphatic rings. The van der Waals surface area contributed by atoms with E-state index in [-0.39, 0.29) is 35.1 Å². The maximum Gasteiger partial charge on any atom is 0.193 e. The lowest BCUT2D eigenvalue weighted by atomic mass is 10.1. The fourth-order valence-corrected chi connectivity index (χ4v) is 4.82. The number of hydrogen-bond acceptors (Lipinski definition) is 4. The summed E-state index contributed by atoms with van der Waals surface area (Å²) in [7, 11) is -0.909. The molecule has 0 aliphatic heterocycles. The third kappa shape index (κ3) is 7.26. The van der Waals surface area contributed by atoms with E-state index in [0.717, 1.165) is 38.3 Å². The number of rotatable bonds is 8. The number of halogens is 1. The summed E-state index contributed by atoms with van der Waals surface area (Å²) in [5.74, 6) is 1.12. The summed E-state index contributed by atoms with van der Waals surface area (Å²) in [6, 6.07) is 4.22. The molecule has 1 saturated carbocycles. The first-order chi connectivity index (χ1) is 10.8. The molecule has 8 heteroatoms. The van der Waals surface area contributed by atoms with Crippen LogP contribution in [-0.2, 0) is 16.3 Å². The van der Waals surface area contributed by atoms with Gasteiger partial charge in [-0.25, -0.2) is 8.42 Å². The molecular weight excluding hydrogens is 457 g/mol. The molecule has 0 saturated heterocycles. The van der Waals surface area contributed by atoms with Crippen LogP contribution in [0.2, 0.25) is 0 Å². The van der Waals surface area contributed by atoms with Crippen molar-refractivity contribution < 1.29 is 8.42 Å². The number of sulfone groups is 1. The lowest BCUT2D eigenvalue weighted by molar-refractivity contribution is 0.479. The predicted octanol–water partition coefficient (Wildman–Crippen LogP) is 2.63. The highest BCUT2D eigenvalue weighted by Crippen LogP contribution is 2.46. The van der Waals surface area contributed by atoms with Crippen LogP contribution in [-0.4, -0.2) is 58.0 Å². The average Bonchev–Trinajstić information content (AvgIpc) is 3.01. The van der Waals surface area contributed by atoms with Crippen LogP contribution in [0, 0.1) is 5.41 Å². The van der Waals surface area contributed by atoms with Gasteiger partial charge in [-0.15, -0.1) is 35.3 Å². The van der Waals surface area contributed by atoms with Gasteiger partial charge in [0.25, 0.3) is 0 Å². The Labute approximate surface area is 166 Å². The fraction of sp³-hybridized carbons (Fsp3) is 0.688. The quantitative estimate of drug-likeness (QED) is 0.350. The Morgan fingerprint density at radius 3 is 2.67 bits per heavy atom. The molecule has 0 spiro atoms. The molecule has 1 aromatic rings. The van der Waals surface area contributed by atoms with Crippen LogP contribution < -0.4 is 5.32 Å². The first kappa shape index (κ1) is 21.7. The van der Waals surface area contributed by atoms with Gasteiger partial charge in [0, 0.05) is 43.2 Å². The first-order valence-electron chi connectivity index (χ1n) is 8.03. The van der Waals surface area contributed by atoms with Crippen molar-refractivity contribution in [1.29, 1.82) is 0 Å². The summed E-state index contributed by atoms with van der Waals surface area (Å²) in [5.41, 5.74) is -0.122. The minimum atomic E-state index is -2.94. The lowest BCUT2D eigenvalue weighted by Gasteiger charge is -2.23. The third-order valence-electron chi connectivity index (χ3n) is 4.06. The highest BCUT2D eigenvalue weighted by molar-refractivity contribution is 14.0. The molecule has 1 heterocycles. The molecule has 24 heavy (non-hydrogen) atoms. The molecule has 2 rings (SSSR count). The van der Waals surface area contributed by atoms with Crippen molar-refractivity contribution in [3.8, 4) is 0 Å². The minimum absolute atomic E-state index is 0. The summed E-state index contributed by atoms with van der Waals surface area (Å²) >= 11 is 1.77. The van der Waals surface area contributed by atoms with Crippen molar-refractivity contribution in [3.63, 3.8) is 0 Å². The van der Waals surface area contributed by atoms with Gasteiger partial charge in [0.15, 0.2) is 5.96 Å². The smallest absolute Gasteiger partial charge is 0.193 e. The normalized spacial score (nSPS) is 16.4. The van der Waals surface area contributed by atoms with Gasteiger partial charge >= 0.3 is 0 Å². The van der Waals surface area contributed by atoms with Crippen LogP contribution >= 0.6 is 35.3 Å². The highest BCUT2D eigenvalue weighted by atomic mass is 127. The van der Waals surface area contributed by atoms with Crippen molar-refractivity contribution in [3.05, 3.63) is 22.4 Å².